The Labute approximate surface area is 194 Å². The summed E-state index contributed by atoms with van der Waals surface area (Å²) in [6, 6.07) is 3.92. The average Bonchev–Trinajstić information content (AvgIpc) is 2.76. The molecule has 0 unspecified atom stereocenters. The Bertz CT molecular complexity index is 954. The number of para-hydroxylation sites is 1. The van der Waals surface area contributed by atoms with Gasteiger partial charge < -0.3 is 9.47 Å². The number of ether oxygens (including phenoxy) is 2. The van der Waals surface area contributed by atoms with Crippen LogP contribution in [-0.2, 0) is 28.1 Å². The van der Waals surface area contributed by atoms with E-state index in [9.17, 15) is 22.0 Å². The van der Waals surface area contributed by atoms with Gasteiger partial charge in [0, 0.05) is 30.4 Å². The Kier molecular flexibility index (Phi) is 8.96. The van der Waals surface area contributed by atoms with E-state index in [1.165, 1.54) is 26.1 Å². The molecule has 1 aromatic carbocycles. The van der Waals surface area contributed by atoms with E-state index in [0.717, 1.165) is 36.5 Å². The normalized spacial score (nSPS) is 13.6. The number of unbranched alkanes of at least 4 members (excludes halogenated alkanes) is 1. The molecular weight excluding hydrogens is 467 g/mol. The Morgan fingerprint density at radius 2 is 1.41 bits per heavy atom. The van der Waals surface area contributed by atoms with Crippen LogP contribution in [0.2, 0.25) is 0 Å². The smallest absolute Gasteiger partial charge is 0.341 e. The van der Waals surface area contributed by atoms with Crippen molar-refractivity contribution >= 4 is 10.9 Å². The largest absolute Gasteiger partial charge is 0.460 e. The number of hydrogen-bond donors (Lipinski definition) is 0. The zero-order valence-electron chi connectivity index (χ0n) is 19.7. The third-order valence-corrected chi connectivity index (χ3v) is 5.61. The number of nitrogens with zero attached hydrogens (tertiary/aromatic N) is 1. The van der Waals surface area contributed by atoms with Crippen molar-refractivity contribution in [3.63, 3.8) is 0 Å². The van der Waals surface area contributed by atoms with Gasteiger partial charge in [0.2, 0.25) is 0 Å². The Morgan fingerprint density at radius 1 is 0.794 bits per heavy atom. The second-order valence-electron chi connectivity index (χ2n) is 7.95. The lowest BCUT2D eigenvalue weighted by Crippen LogP contribution is -2.64. The molecule has 0 amide bonds. The molecule has 0 bridgehead atoms. The number of alkyl halides is 7. The molecule has 1 aromatic heterocycles. The molecule has 1 heterocycles. The van der Waals surface area contributed by atoms with Gasteiger partial charge in [-0.3, -0.25) is 4.98 Å². The van der Waals surface area contributed by atoms with Crippen molar-refractivity contribution < 1.29 is 40.2 Å². The summed E-state index contributed by atoms with van der Waals surface area (Å²) in [5.41, 5.74) is 0.825. The van der Waals surface area contributed by atoms with Crippen LogP contribution in [0.3, 0.4) is 0 Å². The molecule has 3 nitrogen and oxygen atoms in total. The van der Waals surface area contributed by atoms with Crippen molar-refractivity contribution in [3.8, 4) is 0 Å². The molecule has 0 radical (unpaired) electrons. The van der Waals surface area contributed by atoms with Gasteiger partial charge >= 0.3 is 18.0 Å². The van der Waals surface area contributed by atoms with Crippen molar-refractivity contribution in [2.45, 2.75) is 83.6 Å². The third-order valence-electron chi connectivity index (χ3n) is 5.61. The summed E-state index contributed by atoms with van der Waals surface area (Å²) in [5, 5.41) is 0.395. The fourth-order valence-electron chi connectivity index (χ4n) is 4.06. The maximum Gasteiger partial charge on any atom is 0.460 e. The molecular formula is C24H30F7NO2. The van der Waals surface area contributed by atoms with Crippen molar-refractivity contribution in [3.05, 3.63) is 41.1 Å². The van der Waals surface area contributed by atoms with Crippen molar-refractivity contribution in [1.82, 2.24) is 4.98 Å². The highest BCUT2D eigenvalue weighted by Gasteiger charge is 2.81. The van der Waals surface area contributed by atoms with Crippen LogP contribution in [0.1, 0.15) is 63.6 Å². The average molecular weight is 497 g/mol. The first-order chi connectivity index (χ1) is 15.9. The summed E-state index contributed by atoms with van der Waals surface area (Å²) in [5.74, 6) is -16.0. The summed E-state index contributed by atoms with van der Waals surface area (Å²) >= 11 is 0. The zero-order valence-corrected chi connectivity index (χ0v) is 19.7. The van der Waals surface area contributed by atoms with Crippen molar-refractivity contribution in [2.75, 3.05) is 13.2 Å². The van der Waals surface area contributed by atoms with E-state index in [1.807, 2.05) is 13.8 Å². The van der Waals surface area contributed by atoms with E-state index in [1.54, 1.807) is 6.07 Å². The summed E-state index contributed by atoms with van der Waals surface area (Å²) in [6.07, 6.45) is -1.48. The molecule has 34 heavy (non-hydrogen) atoms. The molecule has 0 aliphatic rings. The molecule has 0 spiro atoms. The van der Waals surface area contributed by atoms with Crippen molar-refractivity contribution in [2.24, 2.45) is 0 Å². The van der Waals surface area contributed by atoms with Crippen LogP contribution in [0.4, 0.5) is 30.7 Å². The summed E-state index contributed by atoms with van der Waals surface area (Å²) in [7, 11) is 0. The second-order valence-corrected chi connectivity index (χ2v) is 7.95. The lowest BCUT2D eigenvalue weighted by Gasteiger charge is -2.43. The topological polar surface area (TPSA) is 31.4 Å². The van der Waals surface area contributed by atoms with Gasteiger partial charge in [0.25, 0.3) is 5.79 Å². The zero-order chi connectivity index (χ0) is 25.8. The maximum absolute atomic E-state index is 15.4. The van der Waals surface area contributed by atoms with Crippen LogP contribution < -0.4 is 0 Å². The van der Waals surface area contributed by atoms with Gasteiger partial charge in [-0.05, 0) is 44.2 Å². The lowest BCUT2D eigenvalue weighted by atomic mass is 9.88. The minimum atomic E-state index is -6.55. The highest BCUT2D eigenvalue weighted by molar-refractivity contribution is 5.86. The third kappa shape index (κ3) is 4.76. The molecule has 0 aliphatic heterocycles. The fourth-order valence-corrected chi connectivity index (χ4v) is 4.06. The number of halogens is 7. The number of hydrogen-bond acceptors (Lipinski definition) is 3. The van der Waals surface area contributed by atoms with Gasteiger partial charge in [-0.1, -0.05) is 44.9 Å². The predicted molar refractivity (Wildman–Crippen MR) is 115 cm³/mol. The van der Waals surface area contributed by atoms with Crippen LogP contribution in [-0.4, -0.2) is 36.2 Å². The van der Waals surface area contributed by atoms with Gasteiger partial charge in [-0.2, -0.15) is 30.7 Å². The molecule has 10 heteroatoms. The monoisotopic (exact) mass is 497 g/mol. The second kappa shape index (κ2) is 10.8. The van der Waals surface area contributed by atoms with Crippen LogP contribution in [0.25, 0.3) is 10.9 Å². The molecule has 192 valence electrons. The van der Waals surface area contributed by atoms with Gasteiger partial charge in [0.05, 0.1) is 5.52 Å². The highest BCUT2D eigenvalue weighted by atomic mass is 19.4. The van der Waals surface area contributed by atoms with Crippen LogP contribution >= 0.6 is 0 Å². The molecule has 0 fully saturated rings. The minimum Gasteiger partial charge on any atom is -0.341 e. The minimum absolute atomic E-state index is 0.159. The SMILES string of the molecule is CCCCc1c(CCC)cnc2c(C(OCC)(OCC)C(F)(F)C(F)(F)C(F)(F)F)cccc12. The van der Waals surface area contributed by atoms with Gasteiger partial charge in [-0.15, -0.1) is 0 Å². The van der Waals surface area contributed by atoms with E-state index in [2.05, 4.69) is 4.98 Å². The van der Waals surface area contributed by atoms with E-state index < -0.39 is 42.6 Å². The molecule has 2 aromatic rings. The number of rotatable bonds is 12. The quantitative estimate of drug-likeness (QED) is 0.224. The first-order valence-corrected chi connectivity index (χ1v) is 11.4. The first kappa shape index (κ1) is 28.3. The Hall–Kier alpha value is -1.94. The highest BCUT2D eigenvalue weighted by Crippen LogP contribution is 2.57. The maximum atomic E-state index is 15.4. The van der Waals surface area contributed by atoms with E-state index in [-0.39, 0.29) is 5.52 Å². The predicted octanol–water partition coefficient (Wildman–Crippen LogP) is 7.59. The number of pyridine rings is 1. The molecule has 0 N–H and O–H groups in total. The van der Waals surface area contributed by atoms with Crippen LogP contribution in [0.5, 0.6) is 0 Å². The Morgan fingerprint density at radius 3 is 1.91 bits per heavy atom. The van der Waals surface area contributed by atoms with Gasteiger partial charge in [0.15, 0.2) is 0 Å². The fraction of sp³-hybridized carbons (Fsp3) is 0.625. The van der Waals surface area contributed by atoms with E-state index in [4.69, 9.17) is 9.47 Å². The summed E-state index contributed by atoms with van der Waals surface area (Å²) in [6.45, 7) is 5.12. The summed E-state index contributed by atoms with van der Waals surface area (Å²) < 4.78 is 109. The molecule has 0 atom stereocenters. The van der Waals surface area contributed by atoms with Gasteiger partial charge in [0.1, 0.15) is 0 Å². The molecule has 0 saturated carbocycles. The molecule has 2 rings (SSSR count). The number of benzene rings is 1. The first-order valence-electron chi connectivity index (χ1n) is 11.4. The van der Waals surface area contributed by atoms with E-state index >= 15 is 8.78 Å². The summed E-state index contributed by atoms with van der Waals surface area (Å²) in [4.78, 5) is 4.24. The molecule has 0 aliphatic carbocycles. The van der Waals surface area contributed by atoms with Crippen LogP contribution in [0, 0.1) is 0 Å². The Balaban J connectivity index is 2.95. The standard InChI is InChI=1S/C24H30F7NO2/c1-5-9-12-17-16(11-6-2)15-32-20-18(17)13-10-14-19(20)21(33-7-3,34-8-4)22(25,26)23(27,28)24(29,30)31/h10,13-15H,5-9,11-12H2,1-4H3. The molecule has 0 saturated heterocycles. The number of aryl methyl sites for hydroxylation is 2. The number of aromatic nitrogens is 1. The van der Waals surface area contributed by atoms with E-state index in [0.29, 0.717) is 18.2 Å². The van der Waals surface area contributed by atoms with Crippen LogP contribution in [0.15, 0.2) is 24.4 Å². The number of fused-ring (bicyclic) bond motifs is 1. The van der Waals surface area contributed by atoms with Crippen molar-refractivity contribution in [1.29, 1.82) is 0 Å². The lowest BCUT2D eigenvalue weighted by molar-refractivity contribution is -0.442. The van der Waals surface area contributed by atoms with Gasteiger partial charge in [-0.25, -0.2) is 0 Å².